The molecule has 18 heavy (non-hydrogen) atoms. The highest BCUT2D eigenvalue weighted by Crippen LogP contribution is 2.43. The van der Waals surface area contributed by atoms with Gasteiger partial charge in [-0.15, -0.1) is 0 Å². The predicted octanol–water partition coefficient (Wildman–Crippen LogP) is 3.00. The average Bonchev–Trinajstić information content (AvgIpc) is 2.64. The first-order valence-electron chi connectivity index (χ1n) is 6.63. The van der Waals surface area contributed by atoms with E-state index in [0.29, 0.717) is 19.3 Å². The number of carboxylic acid groups (broad SMARTS) is 1. The maximum atomic E-state index is 11.9. The van der Waals surface area contributed by atoms with E-state index in [1.165, 1.54) is 0 Å². The Hall–Kier alpha value is -1.06. The molecule has 0 spiro atoms. The molecule has 0 bridgehead atoms. The molecule has 1 N–H and O–H groups in total. The van der Waals surface area contributed by atoms with Gasteiger partial charge in [0.05, 0.1) is 11.3 Å². The van der Waals surface area contributed by atoms with Crippen molar-refractivity contribution in [3.05, 3.63) is 0 Å². The smallest absolute Gasteiger partial charge is 0.309 e. The first-order chi connectivity index (χ1) is 8.16. The van der Waals surface area contributed by atoms with Crippen molar-refractivity contribution in [2.45, 2.75) is 65.4 Å². The maximum absolute atomic E-state index is 11.9. The SMILES string of the molecule is CC(CC1(C(=O)O)CCCC1)C(=O)OC(C)(C)C. The van der Waals surface area contributed by atoms with Gasteiger partial charge in [0.1, 0.15) is 5.60 Å². The second-order valence-electron chi connectivity index (χ2n) is 6.43. The highest BCUT2D eigenvalue weighted by molar-refractivity contribution is 5.77. The molecule has 0 amide bonds. The molecule has 0 radical (unpaired) electrons. The Kier molecular flexibility index (Phi) is 4.41. The maximum Gasteiger partial charge on any atom is 0.309 e. The van der Waals surface area contributed by atoms with Crippen LogP contribution in [0.5, 0.6) is 0 Å². The molecule has 1 saturated carbocycles. The second kappa shape index (κ2) is 5.29. The number of esters is 1. The Morgan fingerprint density at radius 3 is 2.17 bits per heavy atom. The molecule has 0 aliphatic heterocycles. The van der Waals surface area contributed by atoms with Gasteiger partial charge in [0, 0.05) is 0 Å². The van der Waals surface area contributed by atoms with Crippen LogP contribution in [-0.4, -0.2) is 22.6 Å². The molecule has 0 aromatic rings. The number of carbonyl (C=O) groups excluding carboxylic acids is 1. The van der Waals surface area contributed by atoms with Gasteiger partial charge in [-0.3, -0.25) is 9.59 Å². The van der Waals surface area contributed by atoms with E-state index in [4.69, 9.17) is 4.74 Å². The lowest BCUT2D eigenvalue weighted by Gasteiger charge is -2.28. The molecule has 4 nitrogen and oxygen atoms in total. The lowest BCUT2D eigenvalue weighted by molar-refractivity contribution is -0.162. The molecule has 0 aromatic heterocycles. The summed E-state index contributed by atoms with van der Waals surface area (Å²) in [7, 11) is 0. The third-order valence-electron chi connectivity index (χ3n) is 3.52. The third-order valence-corrected chi connectivity index (χ3v) is 3.52. The van der Waals surface area contributed by atoms with Crippen LogP contribution >= 0.6 is 0 Å². The predicted molar refractivity (Wildman–Crippen MR) is 68.2 cm³/mol. The molecule has 1 aliphatic carbocycles. The summed E-state index contributed by atoms with van der Waals surface area (Å²) in [5.74, 6) is -1.43. The highest BCUT2D eigenvalue weighted by atomic mass is 16.6. The van der Waals surface area contributed by atoms with Crippen LogP contribution in [0.1, 0.15) is 59.8 Å². The lowest BCUT2D eigenvalue weighted by Crippen LogP contribution is -2.34. The summed E-state index contributed by atoms with van der Waals surface area (Å²) in [6.07, 6.45) is 3.61. The van der Waals surface area contributed by atoms with Crippen molar-refractivity contribution >= 4 is 11.9 Å². The van der Waals surface area contributed by atoms with E-state index in [-0.39, 0.29) is 11.9 Å². The van der Waals surface area contributed by atoms with Gasteiger partial charge in [-0.2, -0.15) is 0 Å². The Morgan fingerprint density at radius 1 is 1.28 bits per heavy atom. The van der Waals surface area contributed by atoms with Gasteiger partial charge >= 0.3 is 11.9 Å². The molecule has 104 valence electrons. The number of ether oxygens (including phenoxy) is 1. The molecule has 4 heteroatoms. The van der Waals surface area contributed by atoms with Gasteiger partial charge in [-0.05, 0) is 40.0 Å². The molecular weight excluding hydrogens is 232 g/mol. The summed E-state index contributed by atoms with van der Waals surface area (Å²) in [5.41, 5.74) is -1.23. The molecule has 0 saturated heterocycles. The number of hydrogen-bond acceptors (Lipinski definition) is 3. The van der Waals surface area contributed by atoms with E-state index in [9.17, 15) is 14.7 Å². The van der Waals surface area contributed by atoms with E-state index >= 15 is 0 Å². The second-order valence-corrected chi connectivity index (χ2v) is 6.43. The van der Waals surface area contributed by atoms with Crippen LogP contribution in [0.15, 0.2) is 0 Å². The van der Waals surface area contributed by atoms with Crippen molar-refractivity contribution in [1.29, 1.82) is 0 Å². The van der Waals surface area contributed by atoms with E-state index in [1.807, 2.05) is 20.8 Å². The zero-order valence-corrected chi connectivity index (χ0v) is 11.8. The first-order valence-corrected chi connectivity index (χ1v) is 6.63. The summed E-state index contributed by atoms with van der Waals surface area (Å²) < 4.78 is 5.30. The van der Waals surface area contributed by atoms with Gasteiger partial charge in [-0.25, -0.2) is 0 Å². The summed E-state index contributed by atoms with van der Waals surface area (Å²) in [5, 5.41) is 9.37. The minimum atomic E-state index is -0.768. The topological polar surface area (TPSA) is 63.6 Å². The molecule has 1 rings (SSSR count). The third kappa shape index (κ3) is 3.72. The van der Waals surface area contributed by atoms with Crippen LogP contribution in [0.4, 0.5) is 0 Å². The quantitative estimate of drug-likeness (QED) is 0.785. The Labute approximate surface area is 109 Å². The molecule has 1 atom stereocenters. The Bertz CT molecular complexity index is 321. The molecule has 1 aliphatic rings. The number of carboxylic acids is 1. The van der Waals surface area contributed by atoms with Crippen molar-refractivity contribution in [2.75, 3.05) is 0 Å². The minimum Gasteiger partial charge on any atom is -0.481 e. The van der Waals surface area contributed by atoms with Crippen LogP contribution in [-0.2, 0) is 14.3 Å². The summed E-state index contributed by atoms with van der Waals surface area (Å²) in [4.78, 5) is 23.3. The number of carbonyl (C=O) groups is 2. The van der Waals surface area contributed by atoms with Crippen LogP contribution in [0.25, 0.3) is 0 Å². The van der Waals surface area contributed by atoms with E-state index in [1.54, 1.807) is 6.92 Å². The molecule has 1 fully saturated rings. The van der Waals surface area contributed by atoms with Crippen LogP contribution in [0.3, 0.4) is 0 Å². The lowest BCUT2D eigenvalue weighted by atomic mass is 9.78. The van der Waals surface area contributed by atoms with Crippen LogP contribution in [0.2, 0.25) is 0 Å². The summed E-state index contributed by atoms with van der Waals surface area (Å²) in [6.45, 7) is 7.22. The van der Waals surface area contributed by atoms with Crippen molar-refractivity contribution in [3.8, 4) is 0 Å². The normalized spacial score (nSPS) is 20.4. The Morgan fingerprint density at radius 2 is 1.78 bits per heavy atom. The molecule has 1 unspecified atom stereocenters. The molecular formula is C14H24O4. The Balaban J connectivity index is 2.65. The largest absolute Gasteiger partial charge is 0.481 e. The van der Waals surface area contributed by atoms with E-state index in [0.717, 1.165) is 12.8 Å². The minimum absolute atomic E-state index is 0.296. The fraction of sp³-hybridized carbons (Fsp3) is 0.857. The highest BCUT2D eigenvalue weighted by Gasteiger charge is 2.43. The number of rotatable bonds is 4. The molecule has 0 aromatic carbocycles. The fourth-order valence-electron chi connectivity index (χ4n) is 2.63. The number of hydrogen-bond donors (Lipinski definition) is 1. The average molecular weight is 256 g/mol. The molecule has 0 heterocycles. The zero-order valence-electron chi connectivity index (χ0n) is 11.8. The summed E-state index contributed by atoms with van der Waals surface area (Å²) in [6, 6.07) is 0. The summed E-state index contributed by atoms with van der Waals surface area (Å²) >= 11 is 0. The van der Waals surface area contributed by atoms with Gasteiger partial charge < -0.3 is 9.84 Å². The first kappa shape index (κ1) is 15.0. The van der Waals surface area contributed by atoms with E-state index < -0.39 is 17.0 Å². The van der Waals surface area contributed by atoms with E-state index in [2.05, 4.69) is 0 Å². The van der Waals surface area contributed by atoms with Crippen LogP contribution < -0.4 is 0 Å². The monoisotopic (exact) mass is 256 g/mol. The zero-order chi connectivity index (χ0) is 14.0. The standard InChI is InChI=1S/C14H24O4/c1-10(11(15)18-13(2,3)4)9-14(12(16)17)7-5-6-8-14/h10H,5-9H2,1-4H3,(H,16,17). The fourth-order valence-corrected chi connectivity index (χ4v) is 2.63. The van der Waals surface area contributed by atoms with Crippen molar-refractivity contribution < 1.29 is 19.4 Å². The van der Waals surface area contributed by atoms with Gasteiger partial charge in [-0.1, -0.05) is 19.8 Å². The van der Waals surface area contributed by atoms with Crippen LogP contribution in [0, 0.1) is 11.3 Å². The van der Waals surface area contributed by atoms with Gasteiger partial charge in [0.15, 0.2) is 0 Å². The van der Waals surface area contributed by atoms with Gasteiger partial charge in [0.2, 0.25) is 0 Å². The van der Waals surface area contributed by atoms with Crippen molar-refractivity contribution in [1.82, 2.24) is 0 Å². The van der Waals surface area contributed by atoms with Gasteiger partial charge in [0.25, 0.3) is 0 Å². The number of aliphatic carboxylic acids is 1. The van der Waals surface area contributed by atoms with Crippen molar-refractivity contribution in [2.24, 2.45) is 11.3 Å². The van der Waals surface area contributed by atoms with Crippen molar-refractivity contribution in [3.63, 3.8) is 0 Å².